The Balaban J connectivity index is 1.89. The molecule has 0 aliphatic carbocycles. The Kier molecular flexibility index (Phi) is 4.57. The summed E-state index contributed by atoms with van der Waals surface area (Å²) < 4.78 is 19.1. The normalized spacial score (nSPS) is 20.8. The van der Waals surface area contributed by atoms with Gasteiger partial charge in [0.15, 0.2) is 6.10 Å². The third-order valence-corrected chi connectivity index (χ3v) is 3.97. The number of halogens is 1. The molecule has 0 spiro atoms. The summed E-state index contributed by atoms with van der Waals surface area (Å²) in [5.74, 6) is -1.07. The van der Waals surface area contributed by atoms with E-state index in [4.69, 9.17) is 4.74 Å². The van der Waals surface area contributed by atoms with Gasteiger partial charge in [-0.05, 0) is 29.8 Å². The second-order valence-electron chi connectivity index (χ2n) is 5.59. The SMILES string of the molecule is CN1C(=O)CO[C@@H](C(=O)Nc2ccccc2)[C@@H]1c1cccc(F)c1. The molecule has 0 saturated carbocycles. The standard InChI is InChI=1S/C18H17FN2O3/c1-21-15(22)11-24-17(16(21)12-6-5-7-13(19)10-12)18(23)20-14-8-3-2-4-9-14/h2-10,16-17H,11H2,1H3,(H,20,23)/t16-,17+/m0/s1. The number of ether oxygens (including phenoxy) is 1. The number of para-hydroxylation sites is 1. The molecule has 0 unspecified atom stereocenters. The van der Waals surface area contributed by atoms with Gasteiger partial charge in [0.25, 0.3) is 5.91 Å². The Bertz CT molecular complexity index is 751. The minimum Gasteiger partial charge on any atom is -0.356 e. The highest BCUT2D eigenvalue weighted by molar-refractivity contribution is 5.96. The molecule has 3 rings (SSSR count). The van der Waals surface area contributed by atoms with Gasteiger partial charge in [-0.1, -0.05) is 30.3 Å². The lowest BCUT2D eigenvalue weighted by Crippen LogP contribution is -2.51. The Morgan fingerprint density at radius 1 is 1.21 bits per heavy atom. The number of nitrogens with one attached hydrogen (secondary N) is 1. The van der Waals surface area contributed by atoms with Crippen molar-refractivity contribution in [2.24, 2.45) is 0 Å². The number of carbonyl (C=O) groups excluding carboxylic acids is 2. The van der Waals surface area contributed by atoms with Crippen LogP contribution in [0.2, 0.25) is 0 Å². The predicted octanol–water partition coefficient (Wildman–Crippen LogP) is 2.36. The van der Waals surface area contributed by atoms with Gasteiger partial charge in [-0.3, -0.25) is 9.59 Å². The Morgan fingerprint density at radius 2 is 1.96 bits per heavy atom. The van der Waals surface area contributed by atoms with Gasteiger partial charge >= 0.3 is 0 Å². The topological polar surface area (TPSA) is 58.6 Å². The van der Waals surface area contributed by atoms with Gasteiger partial charge in [-0.15, -0.1) is 0 Å². The molecule has 6 heteroatoms. The highest BCUT2D eigenvalue weighted by atomic mass is 19.1. The highest BCUT2D eigenvalue weighted by Gasteiger charge is 2.40. The van der Waals surface area contributed by atoms with E-state index in [0.29, 0.717) is 11.3 Å². The van der Waals surface area contributed by atoms with E-state index in [1.165, 1.54) is 17.0 Å². The zero-order chi connectivity index (χ0) is 17.1. The molecule has 1 heterocycles. The van der Waals surface area contributed by atoms with E-state index in [9.17, 15) is 14.0 Å². The number of anilines is 1. The van der Waals surface area contributed by atoms with Crippen LogP contribution in [0.15, 0.2) is 54.6 Å². The van der Waals surface area contributed by atoms with Crippen LogP contribution in [0.1, 0.15) is 11.6 Å². The molecule has 0 radical (unpaired) electrons. The summed E-state index contributed by atoms with van der Waals surface area (Å²) in [6.07, 6.45) is -0.922. The van der Waals surface area contributed by atoms with Crippen LogP contribution in [-0.2, 0) is 14.3 Å². The minimum atomic E-state index is -0.922. The molecule has 0 aromatic heterocycles. The summed E-state index contributed by atoms with van der Waals surface area (Å²) in [5, 5.41) is 2.77. The van der Waals surface area contributed by atoms with Crippen molar-refractivity contribution in [3.63, 3.8) is 0 Å². The van der Waals surface area contributed by atoms with Crippen molar-refractivity contribution in [3.05, 3.63) is 66.0 Å². The molecular weight excluding hydrogens is 311 g/mol. The van der Waals surface area contributed by atoms with Crippen molar-refractivity contribution in [2.45, 2.75) is 12.1 Å². The number of morpholine rings is 1. The van der Waals surface area contributed by atoms with Crippen molar-refractivity contribution in [2.75, 3.05) is 19.0 Å². The summed E-state index contributed by atoms with van der Waals surface area (Å²) in [4.78, 5) is 26.0. The fourth-order valence-electron chi connectivity index (χ4n) is 2.76. The van der Waals surface area contributed by atoms with Crippen molar-refractivity contribution >= 4 is 17.5 Å². The van der Waals surface area contributed by atoms with E-state index in [2.05, 4.69) is 5.32 Å². The van der Waals surface area contributed by atoms with Crippen molar-refractivity contribution in [1.82, 2.24) is 4.90 Å². The van der Waals surface area contributed by atoms with E-state index in [1.807, 2.05) is 6.07 Å². The van der Waals surface area contributed by atoms with Crippen molar-refractivity contribution < 1.29 is 18.7 Å². The maximum Gasteiger partial charge on any atom is 0.256 e. The number of carbonyl (C=O) groups is 2. The maximum atomic E-state index is 13.6. The third-order valence-electron chi connectivity index (χ3n) is 3.97. The fourth-order valence-corrected chi connectivity index (χ4v) is 2.76. The van der Waals surface area contributed by atoms with Gasteiger partial charge in [0.1, 0.15) is 12.4 Å². The van der Waals surface area contributed by atoms with Crippen LogP contribution in [0.5, 0.6) is 0 Å². The molecular formula is C18H17FN2O3. The lowest BCUT2D eigenvalue weighted by atomic mass is 9.97. The number of nitrogens with zero attached hydrogens (tertiary/aromatic N) is 1. The molecule has 1 N–H and O–H groups in total. The molecule has 1 aliphatic rings. The monoisotopic (exact) mass is 328 g/mol. The minimum absolute atomic E-state index is 0.185. The van der Waals surface area contributed by atoms with Gasteiger partial charge < -0.3 is 15.0 Å². The summed E-state index contributed by atoms with van der Waals surface area (Å²) in [6, 6.07) is 14.1. The van der Waals surface area contributed by atoms with E-state index in [-0.39, 0.29) is 18.4 Å². The van der Waals surface area contributed by atoms with Crippen LogP contribution in [0.25, 0.3) is 0 Å². The van der Waals surface area contributed by atoms with Crippen LogP contribution in [0.3, 0.4) is 0 Å². The number of rotatable bonds is 3. The van der Waals surface area contributed by atoms with Gasteiger partial charge in [-0.2, -0.15) is 0 Å². The highest BCUT2D eigenvalue weighted by Crippen LogP contribution is 2.30. The zero-order valence-electron chi connectivity index (χ0n) is 13.1. The van der Waals surface area contributed by atoms with Gasteiger partial charge in [0.05, 0.1) is 6.04 Å². The molecule has 2 atom stereocenters. The van der Waals surface area contributed by atoms with Crippen LogP contribution in [0.4, 0.5) is 10.1 Å². The smallest absolute Gasteiger partial charge is 0.256 e. The predicted molar refractivity (Wildman–Crippen MR) is 86.7 cm³/mol. The largest absolute Gasteiger partial charge is 0.356 e. The number of likely N-dealkylation sites (N-methyl/N-ethyl adjacent to an activating group) is 1. The molecule has 1 aliphatic heterocycles. The lowest BCUT2D eigenvalue weighted by molar-refractivity contribution is -0.160. The van der Waals surface area contributed by atoms with Gasteiger partial charge in [-0.25, -0.2) is 4.39 Å². The third kappa shape index (κ3) is 3.28. The molecule has 1 saturated heterocycles. The summed E-state index contributed by atoms with van der Waals surface area (Å²) in [7, 11) is 1.59. The quantitative estimate of drug-likeness (QED) is 0.941. The van der Waals surface area contributed by atoms with E-state index < -0.39 is 18.0 Å². The zero-order valence-corrected chi connectivity index (χ0v) is 13.1. The first kappa shape index (κ1) is 16.1. The first-order chi connectivity index (χ1) is 11.6. The molecule has 124 valence electrons. The summed E-state index contributed by atoms with van der Waals surface area (Å²) in [6.45, 7) is -0.185. The first-order valence-electron chi connectivity index (χ1n) is 7.55. The van der Waals surface area contributed by atoms with Crippen LogP contribution in [-0.4, -0.2) is 36.5 Å². The van der Waals surface area contributed by atoms with Crippen LogP contribution < -0.4 is 5.32 Å². The van der Waals surface area contributed by atoms with Crippen LogP contribution in [0, 0.1) is 5.82 Å². The van der Waals surface area contributed by atoms with Crippen molar-refractivity contribution in [1.29, 1.82) is 0 Å². The number of hydrogen-bond acceptors (Lipinski definition) is 3. The molecule has 0 bridgehead atoms. The van der Waals surface area contributed by atoms with Crippen molar-refractivity contribution in [3.8, 4) is 0 Å². The second-order valence-corrected chi connectivity index (χ2v) is 5.59. The maximum absolute atomic E-state index is 13.6. The van der Waals surface area contributed by atoms with E-state index in [0.717, 1.165) is 0 Å². The molecule has 5 nitrogen and oxygen atoms in total. The Labute approximate surface area is 139 Å². The average molecular weight is 328 g/mol. The Hall–Kier alpha value is -2.73. The summed E-state index contributed by atoms with van der Waals surface area (Å²) in [5.41, 5.74) is 1.14. The number of amides is 2. The van der Waals surface area contributed by atoms with Crippen LogP contribution >= 0.6 is 0 Å². The summed E-state index contributed by atoms with van der Waals surface area (Å²) >= 11 is 0. The Morgan fingerprint density at radius 3 is 2.67 bits per heavy atom. The molecule has 1 fully saturated rings. The van der Waals surface area contributed by atoms with E-state index in [1.54, 1.807) is 43.4 Å². The van der Waals surface area contributed by atoms with E-state index >= 15 is 0 Å². The molecule has 24 heavy (non-hydrogen) atoms. The first-order valence-corrected chi connectivity index (χ1v) is 7.55. The molecule has 2 amide bonds. The fraction of sp³-hybridized carbons (Fsp3) is 0.222. The number of benzene rings is 2. The van der Waals surface area contributed by atoms with Gasteiger partial charge in [0, 0.05) is 12.7 Å². The lowest BCUT2D eigenvalue weighted by Gasteiger charge is -2.38. The number of hydrogen-bond donors (Lipinski definition) is 1. The average Bonchev–Trinajstić information content (AvgIpc) is 2.58. The second kappa shape index (κ2) is 6.80. The molecule has 2 aromatic carbocycles. The molecule has 2 aromatic rings. The van der Waals surface area contributed by atoms with Gasteiger partial charge in [0.2, 0.25) is 5.91 Å².